The van der Waals surface area contributed by atoms with Crippen molar-refractivity contribution >= 4 is 27.9 Å². The molecule has 3 N–H and O–H groups in total. The molecule has 1 aromatic rings. The molecule has 6 nitrogen and oxygen atoms in total. The van der Waals surface area contributed by atoms with E-state index in [1.165, 1.54) is 12.1 Å². The van der Waals surface area contributed by atoms with Crippen molar-refractivity contribution in [3.63, 3.8) is 0 Å². The van der Waals surface area contributed by atoms with Crippen molar-refractivity contribution in [2.75, 3.05) is 6.61 Å². The van der Waals surface area contributed by atoms with Gasteiger partial charge in [-0.3, -0.25) is 4.79 Å². The van der Waals surface area contributed by atoms with Crippen molar-refractivity contribution in [3.05, 3.63) is 28.5 Å². The Morgan fingerprint density at radius 1 is 1.33 bits per heavy atom. The number of alkyl carbamates (subject to hydrolysis) is 1. The summed E-state index contributed by atoms with van der Waals surface area (Å²) in [6.07, 6.45) is -0.261. The van der Waals surface area contributed by atoms with Gasteiger partial charge in [0.05, 0.1) is 6.04 Å². The Bertz CT molecular complexity index is 570. The molecular formula is C16H22BrFN2O4. The third-order valence-electron chi connectivity index (χ3n) is 2.75. The Morgan fingerprint density at radius 2 is 2.00 bits per heavy atom. The number of benzene rings is 1. The van der Waals surface area contributed by atoms with Crippen LogP contribution in [0.25, 0.3) is 0 Å². The first-order valence-electron chi connectivity index (χ1n) is 7.42. The molecule has 1 atom stereocenters. The average Bonchev–Trinajstić information content (AvgIpc) is 2.38. The first kappa shape index (κ1) is 20.2. The number of carbonyl (C=O) groups is 2. The number of nitrogens with one attached hydrogen (secondary N) is 1. The van der Waals surface area contributed by atoms with Gasteiger partial charge >= 0.3 is 6.09 Å². The average molecular weight is 405 g/mol. The lowest BCUT2D eigenvalue weighted by Crippen LogP contribution is -2.42. The number of nitrogens with two attached hydrogens (primary N) is 1. The van der Waals surface area contributed by atoms with Crippen molar-refractivity contribution in [1.82, 2.24) is 5.32 Å². The predicted octanol–water partition coefficient (Wildman–Crippen LogP) is 3.13. The highest BCUT2D eigenvalue weighted by Crippen LogP contribution is 2.21. The minimum Gasteiger partial charge on any atom is -0.491 e. The molecule has 0 radical (unpaired) electrons. The van der Waals surface area contributed by atoms with Gasteiger partial charge in [-0.05, 0) is 39.3 Å². The van der Waals surface area contributed by atoms with E-state index in [2.05, 4.69) is 21.2 Å². The van der Waals surface area contributed by atoms with Crippen LogP contribution in [0.15, 0.2) is 22.7 Å². The van der Waals surface area contributed by atoms with Gasteiger partial charge in [-0.25, -0.2) is 9.18 Å². The van der Waals surface area contributed by atoms with Gasteiger partial charge in [-0.1, -0.05) is 15.9 Å². The first-order valence-corrected chi connectivity index (χ1v) is 8.21. The van der Waals surface area contributed by atoms with E-state index in [9.17, 15) is 14.0 Å². The largest absolute Gasteiger partial charge is 0.491 e. The SMILES string of the molecule is CC(C)(C)OC(=O)N[C@@H](CCC(N)=O)COc1cc(F)cc(Br)c1. The Labute approximate surface area is 149 Å². The third kappa shape index (κ3) is 8.71. The lowest BCUT2D eigenvalue weighted by atomic mass is 10.1. The summed E-state index contributed by atoms with van der Waals surface area (Å²) in [5.74, 6) is -0.635. The van der Waals surface area contributed by atoms with Gasteiger partial charge < -0.3 is 20.5 Å². The molecule has 1 rings (SSSR count). The van der Waals surface area contributed by atoms with E-state index in [-0.39, 0.29) is 19.4 Å². The number of hydrogen-bond acceptors (Lipinski definition) is 4. The Balaban J connectivity index is 2.67. The second-order valence-electron chi connectivity index (χ2n) is 6.26. The van der Waals surface area contributed by atoms with E-state index in [1.54, 1.807) is 26.8 Å². The molecule has 2 amide bonds. The smallest absolute Gasteiger partial charge is 0.407 e. The molecule has 0 spiro atoms. The standard InChI is InChI=1S/C16H22BrFN2O4/c1-16(2,3)24-15(22)20-12(4-5-14(19)21)9-23-13-7-10(17)6-11(18)8-13/h6-8,12H,4-5,9H2,1-3H3,(H2,19,21)(H,20,22)/t12-/m0/s1. The summed E-state index contributed by atoms with van der Waals surface area (Å²) in [4.78, 5) is 22.8. The summed E-state index contributed by atoms with van der Waals surface area (Å²) in [6, 6.07) is 3.62. The Morgan fingerprint density at radius 3 is 2.54 bits per heavy atom. The molecule has 0 aromatic heterocycles. The van der Waals surface area contributed by atoms with Crippen LogP contribution >= 0.6 is 15.9 Å². The maximum atomic E-state index is 13.3. The van der Waals surface area contributed by atoms with Gasteiger partial charge in [0.25, 0.3) is 0 Å². The number of primary amides is 1. The number of amides is 2. The number of carbonyl (C=O) groups excluding carboxylic acids is 2. The molecule has 1 aromatic carbocycles. The van der Waals surface area contributed by atoms with Crippen LogP contribution in [0.2, 0.25) is 0 Å². The number of ether oxygens (including phenoxy) is 2. The second-order valence-corrected chi connectivity index (χ2v) is 7.18. The molecule has 24 heavy (non-hydrogen) atoms. The van der Waals surface area contributed by atoms with Gasteiger partial charge in [0.15, 0.2) is 0 Å². The molecule has 0 aliphatic rings. The van der Waals surface area contributed by atoms with Crippen LogP contribution in [0.5, 0.6) is 5.75 Å². The van der Waals surface area contributed by atoms with Crippen LogP contribution in [0, 0.1) is 5.82 Å². The summed E-state index contributed by atoms with van der Waals surface area (Å²) in [6.45, 7) is 5.27. The van der Waals surface area contributed by atoms with E-state index in [0.717, 1.165) is 0 Å². The van der Waals surface area contributed by atoms with Crippen molar-refractivity contribution in [2.24, 2.45) is 5.73 Å². The fraction of sp³-hybridized carbons (Fsp3) is 0.500. The zero-order valence-corrected chi connectivity index (χ0v) is 15.5. The second kappa shape index (κ2) is 8.86. The lowest BCUT2D eigenvalue weighted by molar-refractivity contribution is -0.118. The monoisotopic (exact) mass is 404 g/mol. The highest BCUT2D eigenvalue weighted by Gasteiger charge is 2.20. The maximum Gasteiger partial charge on any atom is 0.407 e. The Kier molecular flexibility index (Phi) is 7.47. The fourth-order valence-electron chi connectivity index (χ4n) is 1.80. The van der Waals surface area contributed by atoms with Gasteiger partial charge in [0.1, 0.15) is 23.8 Å². The van der Waals surface area contributed by atoms with E-state index >= 15 is 0 Å². The van der Waals surface area contributed by atoms with Gasteiger partial charge in [0, 0.05) is 17.0 Å². The summed E-state index contributed by atoms with van der Waals surface area (Å²) < 4.78 is 24.6. The van der Waals surface area contributed by atoms with Gasteiger partial charge in [-0.15, -0.1) is 0 Å². The molecule has 0 aliphatic carbocycles. The zero-order valence-electron chi connectivity index (χ0n) is 13.9. The number of hydrogen-bond donors (Lipinski definition) is 2. The molecule has 0 unspecified atom stereocenters. The Hall–Kier alpha value is -1.83. The van der Waals surface area contributed by atoms with Crippen LogP contribution in [0.3, 0.4) is 0 Å². The first-order chi connectivity index (χ1) is 11.0. The fourth-order valence-corrected chi connectivity index (χ4v) is 2.24. The van der Waals surface area contributed by atoms with E-state index in [0.29, 0.717) is 10.2 Å². The molecule has 0 heterocycles. The zero-order chi connectivity index (χ0) is 18.3. The van der Waals surface area contributed by atoms with E-state index in [4.69, 9.17) is 15.2 Å². The molecule has 8 heteroatoms. The number of halogens is 2. The molecule has 0 saturated heterocycles. The van der Waals surface area contributed by atoms with Crippen LogP contribution in [0.4, 0.5) is 9.18 Å². The minimum atomic E-state index is -0.646. The van der Waals surface area contributed by atoms with E-state index < -0.39 is 29.5 Å². The number of rotatable bonds is 7. The molecule has 0 bridgehead atoms. The summed E-state index contributed by atoms with van der Waals surface area (Å²) in [5.41, 5.74) is 4.49. The molecule has 0 saturated carbocycles. The van der Waals surface area contributed by atoms with Gasteiger partial charge in [0.2, 0.25) is 5.91 Å². The highest BCUT2D eigenvalue weighted by atomic mass is 79.9. The predicted molar refractivity (Wildman–Crippen MR) is 91.2 cm³/mol. The quantitative estimate of drug-likeness (QED) is 0.730. The van der Waals surface area contributed by atoms with Crippen molar-refractivity contribution in [2.45, 2.75) is 45.3 Å². The van der Waals surface area contributed by atoms with Crippen LogP contribution in [-0.2, 0) is 9.53 Å². The van der Waals surface area contributed by atoms with Gasteiger partial charge in [-0.2, -0.15) is 0 Å². The van der Waals surface area contributed by atoms with Crippen LogP contribution < -0.4 is 15.8 Å². The van der Waals surface area contributed by atoms with Crippen LogP contribution in [-0.4, -0.2) is 30.3 Å². The lowest BCUT2D eigenvalue weighted by Gasteiger charge is -2.23. The molecule has 0 aliphatic heterocycles. The van der Waals surface area contributed by atoms with E-state index in [1.807, 2.05) is 0 Å². The van der Waals surface area contributed by atoms with Crippen LogP contribution in [0.1, 0.15) is 33.6 Å². The molecule has 0 fully saturated rings. The highest BCUT2D eigenvalue weighted by molar-refractivity contribution is 9.10. The maximum absolute atomic E-state index is 13.3. The minimum absolute atomic E-state index is 0.0441. The van der Waals surface area contributed by atoms with Crippen molar-refractivity contribution in [3.8, 4) is 5.75 Å². The summed E-state index contributed by atoms with van der Waals surface area (Å²) in [5, 5.41) is 2.63. The van der Waals surface area contributed by atoms with Crippen molar-refractivity contribution < 1.29 is 23.5 Å². The van der Waals surface area contributed by atoms with Crippen molar-refractivity contribution in [1.29, 1.82) is 0 Å². The summed E-state index contributed by atoms with van der Waals surface area (Å²) in [7, 11) is 0. The normalized spacial score (nSPS) is 12.4. The molecular weight excluding hydrogens is 383 g/mol. The summed E-state index contributed by atoms with van der Waals surface area (Å²) >= 11 is 3.17. The topological polar surface area (TPSA) is 90.6 Å². The molecule has 134 valence electrons. The third-order valence-corrected chi connectivity index (χ3v) is 3.21.